The van der Waals surface area contributed by atoms with Gasteiger partial charge in [-0.05, 0) is 29.7 Å². The summed E-state index contributed by atoms with van der Waals surface area (Å²) in [5.41, 5.74) is 1.45. The highest BCUT2D eigenvalue weighted by atomic mass is 32.2. The first-order valence-corrected chi connectivity index (χ1v) is 7.67. The summed E-state index contributed by atoms with van der Waals surface area (Å²) in [4.78, 5) is 1.43. The van der Waals surface area contributed by atoms with E-state index < -0.39 is 0 Å². The van der Waals surface area contributed by atoms with Gasteiger partial charge in [0.15, 0.2) is 0 Å². The van der Waals surface area contributed by atoms with Crippen LogP contribution < -0.4 is 5.32 Å². The van der Waals surface area contributed by atoms with Crippen LogP contribution in [0.1, 0.15) is 31.9 Å². The molecule has 2 rings (SSSR count). The molecular formula is C15H23NOS. The minimum absolute atomic E-state index is 0.427. The fourth-order valence-electron chi connectivity index (χ4n) is 2.39. The van der Waals surface area contributed by atoms with Gasteiger partial charge in [-0.1, -0.05) is 32.0 Å². The molecule has 0 aromatic heterocycles. The van der Waals surface area contributed by atoms with Gasteiger partial charge >= 0.3 is 0 Å². The Kier molecular flexibility index (Phi) is 5.10. The van der Waals surface area contributed by atoms with E-state index in [0.29, 0.717) is 18.0 Å². The highest BCUT2D eigenvalue weighted by molar-refractivity contribution is 7.99. The van der Waals surface area contributed by atoms with E-state index >= 15 is 0 Å². The Labute approximate surface area is 114 Å². The molecule has 1 N–H and O–H groups in total. The second kappa shape index (κ2) is 6.60. The number of hydrogen-bond donors (Lipinski definition) is 1. The van der Waals surface area contributed by atoms with Gasteiger partial charge < -0.3 is 10.1 Å². The summed E-state index contributed by atoms with van der Waals surface area (Å²) >= 11 is 1.97. The van der Waals surface area contributed by atoms with Crippen molar-refractivity contribution < 1.29 is 4.74 Å². The predicted octanol–water partition coefficient (Wildman–Crippen LogP) is 3.48. The highest BCUT2D eigenvalue weighted by Gasteiger charge is 2.24. The van der Waals surface area contributed by atoms with E-state index in [1.165, 1.54) is 22.6 Å². The molecule has 1 aromatic rings. The van der Waals surface area contributed by atoms with Crippen molar-refractivity contribution in [3.8, 4) is 0 Å². The lowest BCUT2D eigenvalue weighted by Gasteiger charge is -2.31. The zero-order valence-electron chi connectivity index (χ0n) is 11.5. The van der Waals surface area contributed by atoms with E-state index in [-0.39, 0.29) is 0 Å². The van der Waals surface area contributed by atoms with E-state index in [2.05, 4.69) is 43.4 Å². The first kappa shape index (κ1) is 13.9. The Morgan fingerprint density at radius 1 is 1.39 bits per heavy atom. The Bertz CT molecular complexity index is 381. The first-order valence-electron chi connectivity index (χ1n) is 6.69. The molecule has 0 saturated heterocycles. The van der Waals surface area contributed by atoms with Crippen LogP contribution in [0.2, 0.25) is 0 Å². The van der Waals surface area contributed by atoms with Gasteiger partial charge in [0.05, 0.1) is 6.61 Å². The van der Waals surface area contributed by atoms with E-state index in [1.54, 1.807) is 7.11 Å². The number of nitrogens with one attached hydrogen (secondary N) is 1. The van der Waals surface area contributed by atoms with Gasteiger partial charge in [-0.2, -0.15) is 0 Å². The van der Waals surface area contributed by atoms with Gasteiger partial charge in [-0.3, -0.25) is 0 Å². The minimum Gasteiger partial charge on any atom is -0.383 e. The maximum atomic E-state index is 5.33. The third-order valence-corrected chi connectivity index (χ3v) is 4.65. The first-order chi connectivity index (χ1) is 8.72. The van der Waals surface area contributed by atoms with Gasteiger partial charge in [0.2, 0.25) is 0 Å². The second-order valence-electron chi connectivity index (χ2n) is 5.20. The van der Waals surface area contributed by atoms with Crippen molar-refractivity contribution in [1.29, 1.82) is 0 Å². The van der Waals surface area contributed by atoms with Crippen LogP contribution in [0.4, 0.5) is 0 Å². The van der Waals surface area contributed by atoms with E-state index in [4.69, 9.17) is 4.74 Å². The molecule has 3 heteroatoms. The topological polar surface area (TPSA) is 21.3 Å². The molecule has 1 aliphatic heterocycles. The highest BCUT2D eigenvalue weighted by Crippen LogP contribution is 2.36. The number of methoxy groups -OCH3 is 1. The second-order valence-corrected chi connectivity index (χ2v) is 6.34. The van der Waals surface area contributed by atoms with E-state index in [0.717, 1.165) is 6.61 Å². The van der Waals surface area contributed by atoms with Crippen LogP contribution in [-0.2, 0) is 4.74 Å². The van der Waals surface area contributed by atoms with Crippen molar-refractivity contribution in [2.45, 2.75) is 37.2 Å². The molecule has 0 saturated carbocycles. The number of fused-ring (bicyclic) bond motifs is 1. The lowest BCUT2D eigenvalue weighted by Crippen LogP contribution is -2.41. The SMILES string of the molecule is COCC(NC1CCSc2ccccc21)C(C)C. The number of benzene rings is 1. The monoisotopic (exact) mass is 265 g/mol. The molecule has 18 heavy (non-hydrogen) atoms. The minimum atomic E-state index is 0.427. The van der Waals surface area contributed by atoms with Crippen molar-refractivity contribution in [3.63, 3.8) is 0 Å². The van der Waals surface area contributed by atoms with Crippen molar-refractivity contribution >= 4 is 11.8 Å². The molecule has 0 amide bonds. The zero-order valence-corrected chi connectivity index (χ0v) is 12.3. The fraction of sp³-hybridized carbons (Fsp3) is 0.600. The molecule has 0 fully saturated rings. The van der Waals surface area contributed by atoms with Crippen LogP contribution >= 0.6 is 11.8 Å². The number of ether oxygens (including phenoxy) is 1. The van der Waals surface area contributed by atoms with Crippen LogP contribution in [0.15, 0.2) is 29.2 Å². The zero-order chi connectivity index (χ0) is 13.0. The predicted molar refractivity (Wildman–Crippen MR) is 78.2 cm³/mol. The molecule has 2 atom stereocenters. The average molecular weight is 265 g/mol. The Hall–Kier alpha value is -0.510. The van der Waals surface area contributed by atoms with Crippen molar-refractivity contribution in [2.75, 3.05) is 19.5 Å². The van der Waals surface area contributed by atoms with Crippen LogP contribution in [0.5, 0.6) is 0 Å². The maximum Gasteiger partial charge on any atom is 0.0618 e. The number of thioether (sulfide) groups is 1. The Morgan fingerprint density at radius 2 is 2.17 bits per heavy atom. The largest absolute Gasteiger partial charge is 0.383 e. The van der Waals surface area contributed by atoms with Crippen molar-refractivity contribution in [1.82, 2.24) is 5.32 Å². The third-order valence-electron chi connectivity index (χ3n) is 3.52. The summed E-state index contributed by atoms with van der Waals surface area (Å²) in [5.74, 6) is 1.79. The van der Waals surface area contributed by atoms with Gasteiger partial charge in [-0.15, -0.1) is 11.8 Å². The van der Waals surface area contributed by atoms with Gasteiger partial charge in [0, 0.05) is 24.1 Å². The molecule has 0 radical (unpaired) electrons. The molecule has 2 unspecified atom stereocenters. The van der Waals surface area contributed by atoms with Crippen LogP contribution in [-0.4, -0.2) is 25.5 Å². The van der Waals surface area contributed by atoms with Crippen LogP contribution in [0, 0.1) is 5.92 Å². The Balaban J connectivity index is 2.10. The number of hydrogen-bond acceptors (Lipinski definition) is 3. The molecule has 2 nitrogen and oxygen atoms in total. The molecule has 1 heterocycles. The summed E-state index contributed by atoms with van der Waals surface area (Å²) in [6, 6.07) is 9.66. The Morgan fingerprint density at radius 3 is 2.89 bits per heavy atom. The van der Waals surface area contributed by atoms with Gasteiger partial charge in [0.1, 0.15) is 0 Å². The van der Waals surface area contributed by atoms with Gasteiger partial charge in [0.25, 0.3) is 0 Å². The summed E-state index contributed by atoms with van der Waals surface area (Å²) in [7, 11) is 1.78. The molecule has 0 bridgehead atoms. The lowest BCUT2D eigenvalue weighted by molar-refractivity contribution is 0.139. The molecule has 1 aromatic carbocycles. The fourth-order valence-corrected chi connectivity index (χ4v) is 3.51. The quantitative estimate of drug-likeness (QED) is 0.880. The molecule has 0 spiro atoms. The average Bonchev–Trinajstić information content (AvgIpc) is 2.38. The standard InChI is InChI=1S/C15H23NOS/c1-11(2)14(10-17-3)16-13-8-9-18-15-7-5-4-6-12(13)15/h4-7,11,13-14,16H,8-10H2,1-3H3. The molecular weight excluding hydrogens is 242 g/mol. The summed E-state index contributed by atoms with van der Waals surface area (Å²) in [6.07, 6.45) is 1.20. The van der Waals surface area contributed by atoms with E-state index in [1.807, 2.05) is 11.8 Å². The maximum absolute atomic E-state index is 5.33. The van der Waals surface area contributed by atoms with Crippen LogP contribution in [0.3, 0.4) is 0 Å². The van der Waals surface area contributed by atoms with Crippen molar-refractivity contribution in [3.05, 3.63) is 29.8 Å². The summed E-state index contributed by atoms with van der Waals surface area (Å²) in [6.45, 7) is 5.28. The smallest absolute Gasteiger partial charge is 0.0618 e. The van der Waals surface area contributed by atoms with E-state index in [9.17, 15) is 0 Å². The molecule has 100 valence electrons. The van der Waals surface area contributed by atoms with Gasteiger partial charge in [-0.25, -0.2) is 0 Å². The summed E-state index contributed by atoms with van der Waals surface area (Å²) in [5, 5.41) is 3.77. The number of rotatable bonds is 5. The lowest BCUT2D eigenvalue weighted by atomic mass is 9.99. The van der Waals surface area contributed by atoms with Crippen molar-refractivity contribution in [2.24, 2.45) is 5.92 Å². The summed E-state index contributed by atoms with van der Waals surface area (Å²) < 4.78 is 5.33. The molecule has 0 aliphatic carbocycles. The normalized spacial score (nSPS) is 20.8. The molecule has 1 aliphatic rings. The third kappa shape index (κ3) is 3.28. The van der Waals surface area contributed by atoms with Crippen LogP contribution in [0.25, 0.3) is 0 Å².